The average molecular weight is 350 g/mol. The first-order chi connectivity index (χ1) is 10.1. The van der Waals surface area contributed by atoms with Crippen LogP contribution in [0.3, 0.4) is 0 Å². The Hall–Kier alpha value is -1.88. The van der Waals surface area contributed by atoms with Gasteiger partial charge in [0.1, 0.15) is 5.92 Å². The number of aromatic nitrogens is 1. The minimum Gasteiger partial charge on any atom is -0.481 e. The van der Waals surface area contributed by atoms with Crippen molar-refractivity contribution < 1.29 is 14.6 Å². The fraction of sp³-hybridized carbons (Fsp3) is 0.250. The molecule has 0 aliphatic carbocycles. The monoisotopic (exact) mass is 349 g/mol. The summed E-state index contributed by atoms with van der Waals surface area (Å²) in [5.41, 5.74) is 1.44. The average Bonchev–Trinajstić information content (AvgIpc) is 2.46. The van der Waals surface area contributed by atoms with Crippen LogP contribution >= 0.6 is 15.9 Å². The highest BCUT2D eigenvalue weighted by atomic mass is 79.9. The van der Waals surface area contributed by atoms with E-state index in [4.69, 9.17) is 4.74 Å². The van der Waals surface area contributed by atoms with Crippen LogP contribution in [0, 0.1) is 0 Å². The first-order valence-corrected chi connectivity index (χ1v) is 7.47. The molecule has 4 nitrogen and oxygen atoms in total. The third-order valence-electron chi connectivity index (χ3n) is 3.07. The van der Waals surface area contributed by atoms with Gasteiger partial charge in [-0.1, -0.05) is 40.2 Å². The van der Waals surface area contributed by atoms with E-state index in [1.165, 1.54) is 0 Å². The second-order valence-electron chi connectivity index (χ2n) is 4.52. The van der Waals surface area contributed by atoms with Gasteiger partial charge in [0, 0.05) is 10.5 Å². The zero-order valence-corrected chi connectivity index (χ0v) is 13.2. The van der Waals surface area contributed by atoms with Crippen LogP contribution in [0.4, 0.5) is 0 Å². The largest absolute Gasteiger partial charge is 0.481 e. The van der Waals surface area contributed by atoms with Crippen LogP contribution in [0.5, 0.6) is 5.88 Å². The van der Waals surface area contributed by atoms with Crippen molar-refractivity contribution in [2.24, 2.45) is 0 Å². The smallest absolute Gasteiger partial charge is 0.312 e. The van der Waals surface area contributed by atoms with Gasteiger partial charge in [0.05, 0.1) is 12.3 Å². The Morgan fingerprint density at radius 3 is 2.71 bits per heavy atom. The van der Waals surface area contributed by atoms with E-state index in [0.717, 1.165) is 10.0 Å². The number of carbonyl (C=O) groups is 1. The Labute approximate surface area is 131 Å². The molecule has 0 radical (unpaired) electrons. The summed E-state index contributed by atoms with van der Waals surface area (Å²) in [5, 5.41) is 9.50. The second kappa shape index (κ2) is 7.22. The number of pyridine rings is 1. The third-order valence-corrected chi connectivity index (χ3v) is 3.85. The van der Waals surface area contributed by atoms with Crippen LogP contribution < -0.4 is 4.74 Å². The summed E-state index contributed by atoms with van der Waals surface area (Å²) in [6, 6.07) is 12.8. The summed E-state index contributed by atoms with van der Waals surface area (Å²) in [6.45, 7) is 2.36. The summed E-state index contributed by atoms with van der Waals surface area (Å²) in [6.07, 6.45) is 0.374. The van der Waals surface area contributed by atoms with E-state index in [2.05, 4.69) is 20.9 Å². The Bertz CT molecular complexity index is 630. The van der Waals surface area contributed by atoms with Crippen LogP contribution in [-0.2, 0) is 11.2 Å². The second-order valence-corrected chi connectivity index (χ2v) is 5.37. The molecule has 1 aromatic heterocycles. The lowest BCUT2D eigenvalue weighted by Gasteiger charge is -2.14. The first kappa shape index (κ1) is 15.5. The van der Waals surface area contributed by atoms with Crippen LogP contribution in [0.25, 0.3) is 0 Å². The highest BCUT2D eigenvalue weighted by molar-refractivity contribution is 9.10. The van der Waals surface area contributed by atoms with Crippen molar-refractivity contribution in [3.8, 4) is 5.88 Å². The van der Waals surface area contributed by atoms with Gasteiger partial charge in [0.2, 0.25) is 5.88 Å². The number of aliphatic carboxylic acids is 1. The first-order valence-electron chi connectivity index (χ1n) is 6.67. The van der Waals surface area contributed by atoms with Crippen LogP contribution in [0.2, 0.25) is 0 Å². The molecule has 0 amide bonds. The SMILES string of the molecule is CCOc1cccc(C(Cc2ccccc2Br)C(=O)O)n1. The van der Waals surface area contributed by atoms with Crippen molar-refractivity contribution >= 4 is 21.9 Å². The maximum absolute atomic E-state index is 11.6. The molecule has 1 heterocycles. The number of hydrogen-bond donors (Lipinski definition) is 1. The third kappa shape index (κ3) is 4.04. The molecule has 2 rings (SSSR count). The molecule has 0 saturated heterocycles. The topological polar surface area (TPSA) is 59.4 Å². The molecule has 0 bridgehead atoms. The predicted molar refractivity (Wildman–Crippen MR) is 83.6 cm³/mol. The molecule has 1 N–H and O–H groups in total. The molecule has 21 heavy (non-hydrogen) atoms. The summed E-state index contributed by atoms with van der Waals surface area (Å²) >= 11 is 3.45. The number of carboxylic acid groups (broad SMARTS) is 1. The van der Waals surface area contributed by atoms with Crippen molar-refractivity contribution in [1.82, 2.24) is 4.98 Å². The van der Waals surface area contributed by atoms with Gasteiger partial charge in [-0.2, -0.15) is 0 Å². The number of halogens is 1. The minimum absolute atomic E-state index is 0.374. The molecular weight excluding hydrogens is 334 g/mol. The van der Waals surface area contributed by atoms with E-state index in [9.17, 15) is 9.90 Å². The van der Waals surface area contributed by atoms with Crippen molar-refractivity contribution in [1.29, 1.82) is 0 Å². The zero-order chi connectivity index (χ0) is 15.2. The van der Waals surface area contributed by atoms with Crippen molar-refractivity contribution in [2.45, 2.75) is 19.3 Å². The van der Waals surface area contributed by atoms with Crippen LogP contribution in [-0.4, -0.2) is 22.7 Å². The molecule has 1 aromatic carbocycles. The lowest BCUT2D eigenvalue weighted by atomic mass is 9.96. The number of benzene rings is 1. The van der Waals surface area contributed by atoms with Gasteiger partial charge in [0.25, 0.3) is 0 Å². The molecule has 0 aliphatic rings. The van der Waals surface area contributed by atoms with Gasteiger partial charge in [0.15, 0.2) is 0 Å². The molecule has 0 fully saturated rings. The van der Waals surface area contributed by atoms with Gasteiger partial charge < -0.3 is 9.84 Å². The lowest BCUT2D eigenvalue weighted by Crippen LogP contribution is -2.16. The van der Waals surface area contributed by atoms with E-state index in [0.29, 0.717) is 24.6 Å². The Morgan fingerprint density at radius 1 is 1.29 bits per heavy atom. The van der Waals surface area contributed by atoms with Crippen molar-refractivity contribution in [3.63, 3.8) is 0 Å². The summed E-state index contributed by atoms with van der Waals surface area (Å²) in [7, 11) is 0. The standard InChI is InChI=1S/C16H16BrNO3/c1-2-21-15-9-5-8-14(18-15)12(16(19)20)10-11-6-3-4-7-13(11)17/h3-9,12H,2,10H2,1H3,(H,19,20). The summed E-state index contributed by atoms with van der Waals surface area (Å²) < 4.78 is 6.24. The molecule has 0 spiro atoms. The van der Waals surface area contributed by atoms with Crippen molar-refractivity contribution in [2.75, 3.05) is 6.61 Å². The summed E-state index contributed by atoms with van der Waals surface area (Å²) in [5.74, 6) is -1.15. The molecule has 1 atom stereocenters. The van der Waals surface area contributed by atoms with Gasteiger partial charge in [-0.25, -0.2) is 4.98 Å². The Kier molecular flexibility index (Phi) is 5.33. The highest BCUT2D eigenvalue weighted by Gasteiger charge is 2.23. The van der Waals surface area contributed by atoms with Crippen LogP contribution in [0.15, 0.2) is 46.9 Å². The van der Waals surface area contributed by atoms with E-state index >= 15 is 0 Å². The normalized spacial score (nSPS) is 11.9. The zero-order valence-electron chi connectivity index (χ0n) is 11.6. The van der Waals surface area contributed by atoms with E-state index in [-0.39, 0.29) is 0 Å². The van der Waals surface area contributed by atoms with Gasteiger partial charge >= 0.3 is 5.97 Å². The quantitative estimate of drug-likeness (QED) is 0.864. The predicted octanol–water partition coefficient (Wildman–Crippen LogP) is 3.65. The van der Waals surface area contributed by atoms with E-state index in [1.54, 1.807) is 18.2 Å². The molecule has 110 valence electrons. The summed E-state index contributed by atoms with van der Waals surface area (Å²) in [4.78, 5) is 15.9. The number of rotatable bonds is 6. The fourth-order valence-corrected chi connectivity index (χ4v) is 2.50. The molecule has 0 saturated carbocycles. The number of ether oxygens (including phenoxy) is 1. The Morgan fingerprint density at radius 2 is 2.05 bits per heavy atom. The van der Waals surface area contributed by atoms with Crippen molar-refractivity contribution in [3.05, 3.63) is 58.2 Å². The fourth-order valence-electron chi connectivity index (χ4n) is 2.06. The maximum Gasteiger partial charge on any atom is 0.312 e. The molecular formula is C16H16BrNO3. The van der Waals surface area contributed by atoms with Gasteiger partial charge in [-0.05, 0) is 31.0 Å². The van der Waals surface area contributed by atoms with Gasteiger partial charge in [-0.15, -0.1) is 0 Å². The minimum atomic E-state index is -0.896. The Balaban J connectivity index is 2.29. The number of nitrogens with zero attached hydrogens (tertiary/aromatic N) is 1. The van der Waals surface area contributed by atoms with E-state index in [1.807, 2.05) is 31.2 Å². The molecule has 5 heteroatoms. The lowest BCUT2D eigenvalue weighted by molar-refractivity contribution is -0.138. The van der Waals surface area contributed by atoms with Gasteiger partial charge in [-0.3, -0.25) is 4.79 Å². The highest BCUT2D eigenvalue weighted by Crippen LogP contribution is 2.25. The molecule has 2 aromatic rings. The maximum atomic E-state index is 11.6. The van der Waals surface area contributed by atoms with Crippen LogP contribution in [0.1, 0.15) is 24.1 Å². The number of carboxylic acids is 1. The van der Waals surface area contributed by atoms with E-state index < -0.39 is 11.9 Å². The number of hydrogen-bond acceptors (Lipinski definition) is 3. The molecule has 1 unspecified atom stereocenters. The molecule has 0 aliphatic heterocycles.